The summed E-state index contributed by atoms with van der Waals surface area (Å²) >= 11 is 0. The Hall–Kier alpha value is -2.75. The predicted molar refractivity (Wildman–Crippen MR) is 98.5 cm³/mol. The van der Waals surface area contributed by atoms with E-state index in [4.69, 9.17) is 9.40 Å². The van der Waals surface area contributed by atoms with Gasteiger partial charge in [-0.25, -0.2) is 4.40 Å². The van der Waals surface area contributed by atoms with Crippen molar-refractivity contribution in [1.82, 2.24) is 9.38 Å². The van der Waals surface area contributed by atoms with Crippen LogP contribution >= 0.6 is 0 Å². The van der Waals surface area contributed by atoms with Gasteiger partial charge in [-0.1, -0.05) is 42.5 Å². The van der Waals surface area contributed by atoms with E-state index >= 15 is 0 Å². The van der Waals surface area contributed by atoms with Crippen LogP contribution in [0, 0.1) is 6.92 Å². The second kappa shape index (κ2) is 5.13. The Morgan fingerprint density at radius 1 is 1.00 bits per heavy atom. The highest BCUT2D eigenvalue weighted by Gasteiger charge is 2.23. The highest BCUT2D eigenvalue weighted by molar-refractivity contribution is 5.86. The van der Waals surface area contributed by atoms with Crippen LogP contribution < -0.4 is 5.32 Å². The molecule has 0 aliphatic rings. The van der Waals surface area contributed by atoms with Gasteiger partial charge in [0.25, 0.3) is 0 Å². The minimum absolute atomic E-state index is 0.0915. The first kappa shape index (κ1) is 14.8. The molecule has 0 saturated heterocycles. The number of oxazole rings is 1. The summed E-state index contributed by atoms with van der Waals surface area (Å²) in [5, 5.41) is 3.62. The van der Waals surface area contributed by atoms with Crippen LogP contribution in [-0.4, -0.2) is 14.9 Å². The second-order valence-electron chi connectivity index (χ2n) is 7.19. The molecule has 0 fully saturated rings. The molecule has 4 rings (SSSR count). The average Bonchev–Trinajstić information content (AvgIpc) is 3.04. The fraction of sp³-hybridized carbons (Fsp3) is 0.250. The van der Waals surface area contributed by atoms with Gasteiger partial charge in [0, 0.05) is 11.1 Å². The van der Waals surface area contributed by atoms with Crippen LogP contribution in [0.5, 0.6) is 0 Å². The molecule has 2 aromatic carbocycles. The number of nitrogens with zero attached hydrogens (tertiary/aromatic N) is 2. The molecule has 122 valence electrons. The van der Waals surface area contributed by atoms with E-state index in [2.05, 4.69) is 55.6 Å². The van der Waals surface area contributed by atoms with Gasteiger partial charge in [-0.15, -0.1) is 0 Å². The van der Waals surface area contributed by atoms with Gasteiger partial charge in [0.2, 0.25) is 0 Å². The number of nitrogens with one attached hydrogen (secondary N) is 1. The van der Waals surface area contributed by atoms with Gasteiger partial charge in [-0.3, -0.25) is 0 Å². The van der Waals surface area contributed by atoms with Gasteiger partial charge in [0.15, 0.2) is 5.58 Å². The molecule has 0 atom stereocenters. The first-order valence-electron chi connectivity index (χ1n) is 8.18. The molecule has 24 heavy (non-hydrogen) atoms. The van der Waals surface area contributed by atoms with Gasteiger partial charge < -0.3 is 9.73 Å². The topological polar surface area (TPSA) is 42.5 Å². The van der Waals surface area contributed by atoms with Gasteiger partial charge in [-0.2, -0.15) is 4.98 Å². The van der Waals surface area contributed by atoms with Crippen LogP contribution in [0.2, 0.25) is 0 Å². The predicted octanol–water partition coefficient (Wildman–Crippen LogP) is 5.27. The number of benzene rings is 2. The van der Waals surface area contributed by atoms with Crippen LogP contribution in [0.3, 0.4) is 0 Å². The summed E-state index contributed by atoms with van der Waals surface area (Å²) in [7, 11) is 0. The van der Waals surface area contributed by atoms with Crippen molar-refractivity contribution in [1.29, 1.82) is 0 Å². The number of aryl methyl sites for hydroxylation is 1. The first-order valence-corrected chi connectivity index (χ1v) is 8.18. The highest BCUT2D eigenvalue weighted by atomic mass is 16.4. The van der Waals surface area contributed by atoms with Crippen LogP contribution in [-0.2, 0) is 0 Å². The second-order valence-corrected chi connectivity index (χ2v) is 7.19. The number of imidazole rings is 1. The Balaban J connectivity index is 2.08. The van der Waals surface area contributed by atoms with E-state index in [0.29, 0.717) is 5.84 Å². The van der Waals surface area contributed by atoms with E-state index in [0.717, 1.165) is 28.2 Å². The molecule has 0 aliphatic heterocycles. The molecule has 0 amide bonds. The van der Waals surface area contributed by atoms with E-state index in [1.54, 1.807) is 0 Å². The van der Waals surface area contributed by atoms with Crippen molar-refractivity contribution in [2.24, 2.45) is 0 Å². The van der Waals surface area contributed by atoms with E-state index in [1.807, 2.05) is 30.3 Å². The van der Waals surface area contributed by atoms with Crippen LogP contribution in [0.1, 0.15) is 26.3 Å². The maximum atomic E-state index is 6.00. The van der Waals surface area contributed by atoms with Crippen LogP contribution in [0.15, 0.2) is 52.9 Å². The smallest absolute Gasteiger partial charge is 0.309 e. The molecule has 0 bridgehead atoms. The van der Waals surface area contributed by atoms with Crippen molar-refractivity contribution in [3.63, 3.8) is 0 Å². The molecule has 2 aromatic heterocycles. The van der Waals surface area contributed by atoms with Crippen molar-refractivity contribution in [2.75, 3.05) is 5.32 Å². The Morgan fingerprint density at radius 2 is 1.75 bits per heavy atom. The number of rotatable bonds is 2. The van der Waals surface area contributed by atoms with Gasteiger partial charge in [0.05, 0.1) is 5.52 Å². The molecule has 0 saturated carbocycles. The molecule has 0 radical (unpaired) electrons. The molecule has 0 aliphatic carbocycles. The standard InChI is InChI=1S/C20H21N3O/c1-13-9-8-12-15-17(13)23-18(22-20(2,3)4)16(21-19(23)24-15)14-10-6-5-7-11-14/h5-12,22H,1-4H3. The largest absolute Gasteiger partial charge is 0.423 e. The lowest BCUT2D eigenvalue weighted by atomic mass is 10.1. The van der Waals surface area contributed by atoms with E-state index in [-0.39, 0.29) is 5.54 Å². The molecule has 4 heteroatoms. The zero-order chi connectivity index (χ0) is 16.9. The first-order chi connectivity index (χ1) is 11.4. The summed E-state index contributed by atoms with van der Waals surface area (Å²) in [6.45, 7) is 8.54. The monoisotopic (exact) mass is 319 g/mol. The third kappa shape index (κ3) is 2.35. The van der Waals surface area contributed by atoms with Crippen molar-refractivity contribution in [3.8, 4) is 11.3 Å². The highest BCUT2D eigenvalue weighted by Crippen LogP contribution is 2.35. The fourth-order valence-electron chi connectivity index (χ4n) is 3.04. The molecule has 0 unspecified atom stereocenters. The van der Waals surface area contributed by atoms with Crippen molar-refractivity contribution in [3.05, 3.63) is 54.1 Å². The van der Waals surface area contributed by atoms with E-state index < -0.39 is 0 Å². The van der Waals surface area contributed by atoms with Crippen molar-refractivity contribution in [2.45, 2.75) is 33.2 Å². The Labute approximate surface area is 141 Å². The number of para-hydroxylation sites is 1. The van der Waals surface area contributed by atoms with E-state index in [1.165, 1.54) is 5.56 Å². The Morgan fingerprint density at radius 3 is 2.46 bits per heavy atom. The summed E-state index contributed by atoms with van der Waals surface area (Å²) in [5.74, 6) is 1.58. The summed E-state index contributed by atoms with van der Waals surface area (Å²) in [6, 6.07) is 16.3. The number of aromatic nitrogens is 2. The maximum Gasteiger partial charge on any atom is 0.309 e. The van der Waals surface area contributed by atoms with Crippen molar-refractivity contribution >= 4 is 22.8 Å². The lowest BCUT2D eigenvalue weighted by molar-refractivity contribution is 0.626. The molecule has 2 heterocycles. The minimum Gasteiger partial charge on any atom is -0.423 e. The average molecular weight is 319 g/mol. The maximum absolute atomic E-state index is 6.00. The molecular formula is C20H21N3O. The quantitative estimate of drug-likeness (QED) is 0.547. The molecular weight excluding hydrogens is 298 g/mol. The lowest BCUT2D eigenvalue weighted by Crippen LogP contribution is -2.27. The third-order valence-electron chi connectivity index (χ3n) is 4.01. The van der Waals surface area contributed by atoms with Gasteiger partial charge in [-0.05, 0) is 39.3 Å². The zero-order valence-electron chi connectivity index (χ0n) is 14.4. The van der Waals surface area contributed by atoms with Crippen LogP contribution in [0.25, 0.3) is 28.2 Å². The number of hydrogen-bond donors (Lipinski definition) is 1. The Kier molecular flexibility index (Phi) is 3.17. The van der Waals surface area contributed by atoms with Gasteiger partial charge in [0.1, 0.15) is 11.5 Å². The van der Waals surface area contributed by atoms with Crippen molar-refractivity contribution < 1.29 is 4.42 Å². The summed E-state index contributed by atoms with van der Waals surface area (Å²) in [5.41, 5.74) is 4.98. The van der Waals surface area contributed by atoms with E-state index in [9.17, 15) is 0 Å². The number of anilines is 1. The summed E-state index contributed by atoms with van der Waals surface area (Å²) in [6.07, 6.45) is 0. The number of fused-ring (bicyclic) bond motifs is 3. The summed E-state index contributed by atoms with van der Waals surface area (Å²) < 4.78 is 8.10. The Bertz CT molecular complexity index is 1020. The zero-order valence-corrected chi connectivity index (χ0v) is 14.4. The van der Waals surface area contributed by atoms with Gasteiger partial charge >= 0.3 is 5.84 Å². The normalized spacial score (nSPS) is 12.2. The molecule has 4 nitrogen and oxygen atoms in total. The fourth-order valence-corrected chi connectivity index (χ4v) is 3.04. The molecule has 0 spiro atoms. The minimum atomic E-state index is -0.0915. The lowest BCUT2D eigenvalue weighted by Gasteiger charge is -2.22. The number of hydrogen-bond acceptors (Lipinski definition) is 3. The third-order valence-corrected chi connectivity index (χ3v) is 4.01. The molecule has 4 aromatic rings. The molecule has 1 N–H and O–H groups in total. The SMILES string of the molecule is Cc1cccc2oc3nc(-c4ccccc4)c(NC(C)(C)C)n3c12. The van der Waals surface area contributed by atoms with Crippen LogP contribution in [0.4, 0.5) is 5.82 Å². The summed E-state index contributed by atoms with van der Waals surface area (Å²) in [4.78, 5) is 4.78.